The van der Waals surface area contributed by atoms with E-state index in [2.05, 4.69) is 25.9 Å². The van der Waals surface area contributed by atoms with Gasteiger partial charge in [-0.15, -0.1) is 5.11 Å². The summed E-state index contributed by atoms with van der Waals surface area (Å²) in [5.41, 5.74) is 1.30. The Labute approximate surface area is 172 Å². The van der Waals surface area contributed by atoms with Gasteiger partial charge < -0.3 is 10.1 Å². The maximum atomic E-state index is 12.6. The summed E-state index contributed by atoms with van der Waals surface area (Å²) in [5.74, 6) is 0.425. The molecule has 0 radical (unpaired) electrons. The number of benzene rings is 1. The molecule has 1 aromatic carbocycles. The molecule has 1 aliphatic carbocycles. The Hall–Kier alpha value is -2.48. The van der Waals surface area contributed by atoms with Crippen molar-refractivity contribution in [3.63, 3.8) is 0 Å². The molecule has 0 spiro atoms. The fourth-order valence-corrected chi connectivity index (χ4v) is 2.95. The van der Waals surface area contributed by atoms with Gasteiger partial charge >= 0.3 is 0 Å². The molecule has 1 heterocycles. The first-order valence-electron chi connectivity index (χ1n) is 8.57. The number of fused-ring (bicyclic) bond motifs is 1. The van der Waals surface area contributed by atoms with E-state index < -0.39 is 0 Å². The van der Waals surface area contributed by atoms with Gasteiger partial charge in [0.05, 0.1) is 12.6 Å². The van der Waals surface area contributed by atoms with E-state index in [-0.39, 0.29) is 24.0 Å². The summed E-state index contributed by atoms with van der Waals surface area (Å²) in [5, 5.41) is 15.3. The lowest BCUT2D eigenvalue weighted by Gasteiger charge is -2.15. The standard InChI is InChI=1S/C19H19Cl2N5O2/c1-11(10-28-2)22-19(24-18(27)12-3-5-13(20)6-4-12)23-17-15-8-7-14(21)9-16(15)25-26-17/h3-9,11,16H,10H2,1-2H3,(H2,22,23,24,27)/t11-,16?/m0/s1. The lowest BCUT2D eigenvalue weighted by Crippen LogP contribution is -2.41. The van der Waals surface area contributed by atoms with Crippen LogP contribution in [-0.4, -0.2) is 37.7 Å². The van der Waals surface area contributed by atoms with Gasteiger partial charge in [0.25, 0.3) is 5.91 Å². The molecule has 0 fully saturated rings. The molecule has 1 aliphatic heterocycles. The van der Waals surface area contributed by atoms with Crippen LogP contribution in [-0.2, 0) is 4.74 Å². The molecule has 3 rings (SSSR count). The van der Waals surface area contributed by atoms with Crippen molar-refractivity contribution in [1.29, 1.82) is 0 Å². The van der Waals surface area contributed by atoms with E-state index in [1.807, 2.05) is 13.0 Å². The lowest BCUT2D eigenvalue weighted by molar-refractivity contribution is 0.0975. The third-order valence-electron chi connectivity index (χ3n) is 3.95. The van der Waals surface area contributed by atoms with Crippen molar-refractivity contribution in [1.82, 2.24) is 10.6 Å². The van der Waals surface area contributed by atoms with E-state index in [4.69, 9.17) is 27.9 Å². The summed E-state index contributed by atoms with van der Waals surface area (Å²) >= 11 is 11.9. The van der Waals surface area contributed by atoms with Crippen molar-refractivity contribution in [2.24, 2.45) is 15.2 Å². The van der Waals surface area contributed by atoms with Crippen LogP contribution in [0.3, 0.4) is 0 Å². The molecule has 7 nitrogen and oxygen atoms in total. The number of halogens is 2. The van der Waals surface area contributed by atoms with E-state index in [1.54, 1.807) is 43.5 Å². The van der Waals surface area contributed by atoms with Gasteiger partial charge in [-0.2, -0.15) is 5.11 Å². The van der Waals surface area contributed by atoms with Crippen molar-refractivity contribution in [2.45, 2.75) is 19.0 Å². The molecule has 0 aromatic heterocycles. The van der Waals surface area contributed by atoms with Crippen LogP contribution in [0.5, 0.6) is 0 Å². The fraction of sp³-hybridized carbons (Fsp3) is 0.263. The summed E-state index contributed by atoms with van der Waals surface area (Å²) in [6.45, 7) is 2.27. The van der Waals surface area contributed by atoms with E-state index in [1.165, 1.54) is 0 Å². The van der Waals surface area contributed by atoms with Gasteiger partial charge in [0.1, 0.15) is 6.04 Å². The van der Waals surface area contributed by atoms with Crippen molar-refractivity contribution in [3.05, 3.63) is 69.5 Å². The molecule has 146 valence electrons. The highest BCUT2D eigenvalue weighted by Crippen LogP contribution is 2.28. The number of nitrogens with zero attached hydrogens (tertiary/aromatic N) is 3. The monoisotopic (exact) mass is 419 g/mol. The largest absolute Gasteiger partial charge is 0.382 e. The second-order valence-electron chi connectivity index (χ2n) is 6.22. The van der Waals surface area contributed by atoms with Crippen LogP contribution in [0.15, 0.2) is 74.1 Å². The van der Waals surface area contributed by atoms with Gasteiger partial charge in [-0.3, -0.25) is 10.1 Å². The summed E-state index contributed by atoms with van der Waals surface area (Å²) in [6.07, 6.45) is 5.40. The molecule has 0 saturated heterocycles. The number of guanidine groups is 1. The van der Waals surface area contributed by atoms with Crippen LogP contribution in [0.4, 0.5) is 0 Å². The number of carbonyl (C=O) groups excluding carboxylic acids is 1. The third kappa shape index (κ3) is 5.07. The molecule has 0 saturated carbocycles. The van der Waals surface area contributed by atoms with Crippen molar-refractivity contribution < 1.29 is 9.53 Å². The number of hydrogen-bond donors (Lipinski definition) is 2. The Morgan fingerprint density at radius 2 is 2.04 bits per heavy atom. The number of rotatable bonds is 5. The molecule has 0 bridgehead atoms. The van der Waals surface area contributed by atoms with Gasteiger partial charge in [0.15, 0.2) is 5.82 Å². The highest BCUT2D eigenvalue weighted by atomic mass is 35.5. The lowest BCUT2D eigenvalue weighted by atomic mass is 10.0. The Morgan fingerprint density at radius 1 is 1.29 bits per heavy atom. The predicted molar refractivity (Wildman–Crippen MR) is 110 cm³/mol. The zero-order chi connectivity index (χ0) is 20.1. The van der Waals surface area contributed by atoms with Crippen LogP contribution < -0.4 is 10.6 Å². The number of azo groups is 1. The summed E-state index contributed by atoms with van der Waals surface area (Å²) in [6, 6.07) is 6.14. The molecule has 28 heavy (non-hydrogen) atoms. The van der Waals surface area contributed by atoms with E-state index in [0.717, 1.165) is 5.57 Å². The first kappa shape index (κ1) is 20.3. The van der Waals surface area contributed by atoms with Crippen molar-refractivity contribution >= 4 is 35.1 Å². The maximum absolute atomic E-state index is 12.6. The Bertz CT molecular complexity index is 903. The van der Waals surface area contributed by atoms with Crippen LogP contribution >= 0.6 is 23.2 Å². The Balaban J connectivity index is 1.81. The molecule has 9 heteroatoms. The molecule has 2 atom stereocenters. The quantitative estimate of drug-likeness (QED) is 0.561. The highest BCUT2D eigenvalue weighted by molar-refractivity contribution is 6.31. The normalized spacial score (nSPS) is 19.4. The molecule has 1 aromatic rings. The minimum absolute atomic E-state index is 0.186. The second kappa shape index (κ2) is 9.14. The zero-order valence-electron chi connectivity index (χ0n) is 15.3. The van der Waals surface area contributed by atoms with Gasteiger partial charge in [-0.1, -0.05) is 29.3 Å². The van der Waals surface area contributed by atoms with Crippen LogP contribution in [0.25, 0.3) is 0 Å². The number of hydrogen-bond acceptors (Lipinski definition) is 5. The van der Waals surface area contributed by atoms with Gasteiger partial charge in [0.2, 0.25) is 5.96 Å². The minimum Gasteiger partial charge on any atom is -0.382 e. The van der Waals surface area contributed by atoms with Gasteiger partial charge in [0, 0.05) is 28.3 Å². The van der Waals surface area contributed by atoms with Crippen molar-refractivity contribution in [3.8, 4) is 0 Å². The summed E-state index contributed by atoms with van der Waals surface area (Å²) in [4.78, 5) is 17.1. The number of carbonyl (C=O) groups is 1. The number of methoxy groups -OCH3 is 1. The number of allylic oxidation sites excluding steroid dienone is 2. The number of nitrogens with one attached hydrogen (secondary N) is 2. The summed E-state index contributed by atoms with van der Waals surface area (Å²) in [7, 11) is 1.59. The smallest absolute Gasteiger partial charge is 0.257 e. The topological polar surface area (TPSA) is 87.4 Å². The second-order valence-corrected chi connectivity index (χ2v) is 7.09. The maximum Gasteiger partial charge on any atom is 0.257 e. The number of amides is 1. The van der Waals surface area contributed by atoms with Crippen LogP contribution in [0.2, 0.25) is 5.02 Å². The molecular formula is C19H19Cl2N5O2. The van der Waals surface area contributed by atoms with Crippen LogP contribution in [0.1, 0.15) is 17.3 Å². The molecule has 2 aliphatic rings. The zero-order valence-corrected chi connectivity index (χ0v) is 16.8. The summed E-state index contributed by atoms with van der Waals surface area (Å²) < 4.78 is 5.13. The Morgan fingerprint density at radius 3 is 2.75 bits per heavy atom. The fourth-order valence-electron chi connectivity index (χ4n) is 2.64. The average molecular weight is 420 g/mol. The first-order valence-corrected chi connectivity index (χ1v) is 9.33. The minimum atomic E-state index is -0.327. The van der Waals surface area contributed by atoms with E-state index in [0.29, 0.717) is 28.0 Å². The Kier molecular flexibility index (Phi) is 6.61. The van der Waals surface area contributed by atoms with E-state index >= 15 is 0 Å². The average Bonchev–Trinajstić information content (AvgIpc) is 3.04. The molecule has 1 amide bonds. The predicted octanol–water partition coefficient (Wildman–Crippen LogP) is 3.79. The van der Waals surface area contributed by atoms with Gasteiger partial charge in [-0.05, 0) is 43.3 Å². The third-order valence-corrected chi connectivity index (χ3v) is 4.45. The molecule has 1 unspecified atom stereocenters. The number of ether oxygens (including phenoxy) is 1. The first-order chi connectivity index (χ1) is 13.5. The number of aliphatic imine (C=N–C) groups is 1. The SMILES string of the molecule is COC[C@H](C)N=C(NC(=O)c1ccc(Cl)cc1)NC1=C2C=CC(Cl)=CC2N=N1. The molecular weight excluding hydrogens is 401 g/mol. The van der Waals surface area contributed by atoms with E-state index in [9.17, 15) is 4.79 Å². The van der Waals surface area contributed by atoms with Crippen molar-refractivity contribution in [2.75, 3.05) is 13.7 Å². The highest BCUT2D eigenvalue weighted by Gasteiger charge is 2.24. The van der Waals surface area contributed by atoms with Crippen LogP contribution in [0, 0.1) is 0 Å². The molecule has 2 N–H and O–H groups in total. The van der Waals surface area contributed by atoms with Gasteiger partial charge in [-0.25, -0.2) is 4.99 Å².